The highest BCUT2D eigenvalue weighted by Crippen LogP contribution is 2.39. The lowest BCUT2D eigenvalue weighted by atomic mass is 9.99. The molecule has 0 aliphatic carbocycles. The molecule has 0 radical (unpaired) electrons. The fraction of sp³-hybridized carbons (Fsp3) is 0.452. The number of carbonyl (C=O) groups is 3. The van der Waals surface area contributed by atoms with Crippen LogP contribution in [0.15, 0.2) is 42.5 Å². The SMILES string of the molecule is COC(O)c1cccc2c1c(C=O)c(-c1ccc(C3CCCN3C(=O)OC(C)(C)C)cc1)n2C(=O)OC(C)(C)C. The Morgan fingerprint density at radius 2 is 1.60 bits per heavy atom. The van der Waals surface area contributed by atoms with E-state index in [2.05, 4.69) is 0 Å². The van der Waals surface area contributed by atoms with Gasteiger partial charge in [-0.3, -0.25) is 4.79 Å². The minimum atomic E-state index is -1.30. The molecule has 9 heteroatoms. The molecule has 1 fully saturated rings. The zero-order valence-electron chi connectivity index (χ0n) is 24.2. The molecule has 214 valence electrons. The van der Waals surface area contributed by atoms with Crippen molar-refractivity contribution in [2.75, 3.05) is 13.7 Å². The molecule has 1 aromatic heterocycles. The maximum absolute atomic E-state index is 13.5. The van der Waals surface area contributed by atoms with Crippen LogP contribution in [0.25, 0.3) is 22.2 Å². The Morgan fingerprint density at radius 1 is 0.975 bits per heavy atom. The number of amides is 1. The minimum absolute atomic E-state index is 0.144. The van der Waals surface area contributed by atoms with Crippen LogP contribution in [-0.2, 0) is 14.2 Å². The van der Waals surface area contributed by atoms with E-state index in [9.17, 15) is 19.5 Å². The van der Waals surface area contributed by atoms with Crippen LogP contribution < -0.4 is 0 Å². The number of benzene rings is 2. The summed E-state index contributed by atoms with van der Waals surface area (Å²) < 4.78 is 17.8. The molecule has 0 spiro atoms. The number of aromatic nitrogens is 1. The van der Waals surface area contributed by atoms with Gasteiger partial charge in [-0.1, -0.05) is 36.4 Å². The Hall–Kier alpha value is -3.69. The Bertz CT molecular complexity index is 1410. The number of rotatable bonds is 5. The molecule has 0 bridgehead atoms. The molecule has 3 aromatic rings. The van der Waals surface area contributed by atoms with Crippen molar-refractivity contribution >= 4 is 29.4 Å². The molecule has 1 aliphatic rings. The second kappa shape index (κ2) is 11.1. The molecule has 1 saturated heterocycles. The molecule has 2 atom stereocenters. The average Bonchev–Trinajstić information content (AvgIpc) is 3.49. The van der Waals surface area contributed by atoms with E-state index in [0.717, 1.165) is 18.4 Å². The molecular weight excluding hydrogens is 512 g/mol. The highest BCUT2D eigenvalue weighted by molar-refractivity contribution is 6.10. The van der Waals surface area contributed by atoms with Crippen molar-refractivity contribution in [3.05, 3.63) is 59.2 Å². The lowest BCUT2D eigenvalue weighted by Crippen LogP contribution is -2.36. The number of methoxy groups -OCH3 is 1. The quantitative estimate of drug-likeness (QED) is 0.281. The summed E-state index contributed by atoms with van der Waals surface area (Å²) in [7, 11) is 1.36. The van der Waals surface area contributed by atoms with Gasteiger partial charge in [0.15, 0.2) is 12.6 Å². The first-order valence-corrected chi connectivity index (χ1v) is 13.4. The highest BCUT2D eigenvalue weighted by Gasteiger charge is 2.34. The predicted octanol–water partition coefficient (Wildman–Crippen LogP) is 6.61. The van der Waals surface area contributed by atoms with Crippen molar-refractivity contribution in [3.63, 3.8) is 0 Å². The predicted molar refractivity (Wildman–Crippen MR) is 151 cm³/mol. The molecule has 9 nitrogen and oxygen atoms in total. The van der Waals surface area contributed by atoms with Crippen LogP contribution in [0.5, 0.6) is 0 Å². The molecule has 1 amide bonds. The highest BCUT2D eigenvalue weighted by atomic mass is 16.6. The number of hydrogen-bond acceptors (Lipinski definition) is 7. The van der Waals surface area contributed by atoms with Gasteiger partial charge in [0, 0.05) is 30.2 Å². The van der Waals surface area contributed by atoms with Crippen LogP contribution in [0, 0.1) is 0 Å². The van der Waals surface area contributed by atoms with E-state index in [1.165, 1.54) is 11.7 Å². The monoisotopic (exact) mass is 550 g/mol. The molecule has 40 heavy (non-hydrogen) atoms. The van der Waals surface area contributed by atoms with Gasteiger partial charge in [-0.2, -0.15) is 0 Å². The van der Waals surface area contributed by atoms with Gasteiger partial charge in [0.25, 0.3) is 0 Å². The number of ether oxygens (including phenoxy) is 3. The maximum Gasteiger partial charge on any atom is 0.419 e. The zero-order chi connectivity index (χ0) is 29.4. The first-order chi connectivity index (χ1) is 18.8. The average molecular weight is 551 g/mol. The summed E-state index contributed by atoms with van der Waals surface area (Å²) in [5, 5.41) is 10.9. The molecular formula is C31H38N2O7. The van der Waals surface area contributed by atoms with Crippen LogP contribution in [0.4, 0.5) is 9.59 Å². The van der Waals surface area contributed by atoms with Crippen molar-refractivity contribution in [1.82, 2.24) is 9.47 Å². The Labute approximate surface area is 234 Å². The van der Waals surface area contributed by atoms with Gasteiger partial charge < -0.3 is 24.2 Å². The third-order valence-electron chi connectivity index (χ3n) is 6.70. The largest absolute Gasteiger partial charge is 0.444 e. The van der Waals surface area contributed by atoms with Gasteiger partial charge in [0.1, 0.15) is 11.2 Å². The van der Waals surface area contributed by atoms with Gasteiger partial charge in [0.2, 0.25) is 0 Å². The first-order valence-electron chi connectivity index (χ1n) is 13.4. The van der Waals surface area contributed by atoms with Crippen molar-refractivity contribution in [2.45, 2.75) is 77.9 Å². The van der Waals surface area contributed by atoms with E-state index in [-0.39, 0.29) is 17.7 Å². The molecule has 2 aromatic carbocycles. The summed E-state index contributed by atoms with van der Waals surface area (Å²) in [4.78, 5) is 40.7. The van der Waals surface area contributed by atoms with Crippen LogP contribution in [-0.4, -0.2) is 57.9 Å². The van der Waals surface area contributed by atoms with E-state index in [1.807, 2.05) is 45.0 Å². The van der Waals surface area contributed by atoms with Crippen LogP contribution >= 0.6 is 0 Å². The number of hydrogen-bond donors (Lipinski definition) is 1. The summed E-state index contributed by atoms with van der Waals surface area (Å²) in [5.41, 5.74) is 1.50. The summed E-state index contributed by atoms with van der Waals surface area (Å²) >= 11 is 0. The van der Waals surface area contributed by atoms with Crippen LogP contribution in [0.1, 0.15) is 88.2 Å². The molecule has 1 N–H and O–H groups in total. The second-order valence-electron chi connectivity index (χ2n) is 12.0. The van der Waals surface area contributed by atoms with E-state index < -0.39 is 23.6 Å². The number of nitrogens with zero attached hydrogens (tertiary/aromatic N) is 2. The molecule has 2 unspecified atom stereocenters. The number of aliphatic hydroxyl groups excluding tert-OH is 1. The minimum Gasteiger partial charge on any atom is -0.444 e. The first kappa shape index (κ1) is 29.3. The fourth-order valence-corrected chi connectivity index (χ4v) is 5.14. The number of aldehydes is 1. The summed E-state index contributed by atoms with van der Waals surface area (Å²) in [5.74, 6) is 0. The third kappa shape index (κ3) is 5.90. The number of aliphatic hydroxyl groups is 1. The smallest absolute Gasteiger partial charge is 0.419 e. The number of carbonyl (C=O) groups excluding carboxylic acids is 3. The summed E-state index contributed by atoms with van der Waals surface area (Å²) in [6.07, 6.45) is 0.0394. The second-order valence-corrected chi connectivity index (χ2v) is 12.0. The Morgan fingerprint density at radius 3 is 2.17 bits per heavy atom. The summed E-state index contributed by atoms with van der Waals surface area (Å²) in [6, 6.07) is 12.4. The summed E-state index contributed by atoms with van der Waals surface area (Å²) in [6.45, 7) is 11.4. The van der Waals surface area contributed by atoms with Crippen molar-refractivity contribution in [2.24, 2.45) is 0 Å². The molecule has 0 saturated carbocycles. The molecule has 2 heterocycles. The number of likely N-dealkylation sites (tertiary alicyclic amines) is 1. The van der Waals surface area contributed by atoms with Gasteiger partial charge >= 0.3 is 12.2 Å². The zero-order valence-corrected chi connectivity index (χ0v) is 24.2. The van der Waals surface area contributed by atoms with E-state index in [4.69, 9.17) is 14.2 Å². The van der Waals surface area contributed by atoms with E-state index >= 15 is 0 Å². The van der Waals surface area contributed by atoms with Gasteiger partial charge in [-0.25, -0.2) is 14.2 Å². The Balaban J connectivity index is 1.83. The van der Waals surface area contributed by atoms with Gasteiger partial charge in [0.05, 0.1) is 17.3 Å². The molecule has 4 rings (SSSR count). The van der Waals surface area contributed by atoms with Gasteiger partial charge in [-0.05, 0) is 71.6 Å². The maximum atomic E-state index is 13.5. The van der Waals surface area contributed by atoms with E-state index in [1.54, 1.807) is 43.9 Å². The van der Waals surface area contributed by atoms with Gasteiger partial charge in [-0.15, -0.1) is 0 Å². The van der Waals surface area contributed by atoms with E-state index in [0.29, 0.717) is 40.6 Å². The lowest BCUT2D eigenvalue weighted by molar-refractivity contribution is -0.0759. The number of fused-ring (bicyclic) bond motifs is 1. The lowest BCUT2D eigenvalue weighted by Gasteiger charge is -2.29. The fourth-order valence-electron chi connectivity index (χ4n) is 5.14. The standard InChI is InChI=1S/C31H38N2O7/c1-30(2,3)39-28(36)32-17-9-12-23(32)19-13-15-20(16-14-19)26-22(18-34)25-21(27(35)38-7)10-8-11-24(25)33(26)29(37)40-31(4,5)6/h8,10-11,13-16,18,23,27,35H,9,12,17H2,1-7H3. The molecule has 1 aliphatic heterocycles. The van der Waals surface area contributed by atoms with Crippen molar-refractivity contribution < 1.29 is 33.7 Å². The third-order valence-corrected chi connectivity index (χ3v) is 6.70. The topological polar surface area (TPSA) is 107 Å². The normalized spacial score (nSPS) is 16.7. The van der Waals surface area contributed by atoms with Crippen molar-refractivity contribution in [1.29, 1.82) is 0 Å². The van der Waals surface area contributed by atoms with Crippen molar-refractivity contribution in [3.8, 4) is 11.3 Å². The van der Waals surface area contributed by atoms with Crippen LogP contribution in [0.3, 0.4) is 0 Å². The Kier molecular flexibility index (Phi) is 8.10. The van der Waals surface area contributed by atoms with Crippen LogP contribution in [0.2, 0.25) is 0 Å².